The van der Waals surface area contributed by atoms with Crippen molar-refractivity contribution in [3.05, 3.63) is 70.4 Å². The molecule has 0 spiro atoms. The molecule has 1 aliphatic rings. The Morgan fingerprint density at radius 1 is 1.07 bits per heavy atom. The number of likely N-dealkylation sites (N-methyl/N-ethyl adjacent to an activating group) is 1. The van der Waals surface area contributed by atoms with Crippen LogP contribution in [0.5, 0.6) is 0 Å². The van der Waals surface area contributed by atoms with Crippen molar-refractivity contribution in [2.24, 2.45) is 0 Å². The Hall–Kier alpha value is -2.77. The molecule has 3 rings (SSSR count). The van der Waals surface area contributed by atoms with Crippen molar-refractivity contribution in [1.82, 2.24) is 4.90 Å². The third kappa shape index (κ3) is 3.43. The summed E-state index contributed by atoms with van der Waals surface area (Å²) in [5, 5.41) is 9.65. The van der Waals surface area contributed by atoms with E-state index in [2.05, 4.69) is 0 Å². The minimum Gasteiger partial charge on any atom is -0.395 e. The van der Waals surface area contributed by atoms with Gasteiger partial charge in [0.05, 0.1) is 17.9 Å². The number of hydrogen-bond donors (Lipinski definition) is 1. The molecule has 0 aromatic heterocycles. The topological polar surface area (TPSA) is 60.9 Å². The maximum absolute atomic E-state index is 14.2. The van der Waals surface area contributed by atoms with Crippen LogP contribution >= 0.6 is 11.6 Å². The summed E-state index contributed by atoms with van der Waals surface area (Å²) in [6.07, 6.45) is 0. The molecule has 0 radical (unpaired) electrons. The van der Waals surface area contributed by atoms with E-state index < -0.39 is 23.4 Å². The van der Waals surface area contributed by atoms with E-state index in [1.54, 1.807) is 24.3 Å². The number of aliphatic hydroxyl groups excluding tert-OH is 1. The summed E-state index contributed by atoms with van der Waals surface area (Å²) in [5.74, 6) is -3.35. The van der Waals surface area contributed by atoms with Gasteiger partial charge in [-0.05, 0) is 29.8 Å². The van der Waals surface area contributed by atoms with Gasteiger partial charge in [0.2, 0.25) is 0 Å². The highest BCUT2D eigenvalue weighted by atomic mass is 35.5. The van der Waals surface area contributed by atoms with Gasteiger partial charge < -0.3 is 10.0 Å². The predicted molar refractivity (Wildman–Crippen MR) is 96.9 cm³/mol. The van der Waals surface area contributed by atoms with Crippen molar-refractivity contribution in [2.45, 2.75) is 0 Å². The van der Waals surface area contributed by atoms with E-state index in [1.807, 2.05) is 0 Å². The van der Waals surface area contributed by atoms with Gasteiger partial charge in [0.15, 0.2) is 0 Å². The summed E-state index contributed by atoms with van der Waals surface area (Å²) in [4.78, 5) is 28.1. The molecule has 1 aliphatic heterocycles. The van der Waals surface area contributed by atoms with Crippen LogP contribution in [0.1, 0.15) is 5.56 Å². The van der Waals surface area contributed by atoms with Gasteiger partial charge in [-0.15, -0.1) is 0 Å². The van der Waals surface area contributed by atoms with Crippen molar-refractivity contribution < 1.29 is 23.5 Å². The summed E-state index contributed by atoms with van der Waals surface area (Å²) in [6, 6.07) is 8.87. The highest BCUT2D eigenvalue weighted by Crippen LogP contribution is 2.35. The van der Waals surface area contributed by atoms with Crippen LogP contribution in [0, 0.1) is 11.6 Å². The Morgan fingerprint density at radius 2 is 1.74 bits per heavy atom. The lowest BCUT2D eigenvalue weighted by molar-refractivity contribution is -0.120. The second kappa shape index (κ2) is 7.46. The molecule has 2 aromatic carbocycles. The second-order valence-electron chi connectivity index (χ2n) is 5.92. The monoisotopic (exact) mass is 392 g/mol. The van der Waals surface area contributed by atoms with E-state index in [9.17, 15) is 23.5 Å². The molecule has 27 heavy (non-hydrogen) atoms. The van der Waals surface area contributed by atoms with Crippen LogP contribution in [0.2, 0.25) is 5.02 Å². The number of imide groups is 1. The highest BCUT2D eigenvalue weighted by molar-refractivity contribution is 6.45. The lowest BCUT2D eigenvalue weighted by Crippen LogP contribution is -2.35. The molecular formula is C19H15ClF2N2O3. The summed E-state index contributed by atoms with van der Waals surface area (Å²) in [5.41, 5.74) is 0.143. The number of anilines is 1. The molecule has 2 aromatic rings. The first kappa shape index (κ1) is 19.0. The van der Waals surface area contributed by atoms with Gasteiger partial charge in [0, 0.05) is 24.7 Å². The number of carbonyl (C=O) groups excluding carboxylic acids is 2. The van der Waals surface area contributed by atoms with Crippen molar-refractivity contribution in [1.29, 1.82) is 0 Å². The molecular weight excluding hydrogens is 378 g/mol. The lowest BCUT2D eigenvalue weighted by atomic mass is 10.0. The number of amides is 2. The third-order valence-corrected chi connectivity index (χ3v) is 4.41. The Kier molecular flexibility index (Phi) is 5.25. The van der Waals surface area contributed by atoms with Crippen molar-refractivity contribution >= 4 is 34.7 Å². The first-order valence-electron chi connectivity index (χ1n) is 8.01. The van der Waals surface area contributed by atoms with Gasteiger partial charge in [-0.25, -0.2) is 13.7 Å². The average molecular weight is 393 g/mol. The van der Waals surface area contributed by atoms with Gasteiger partial charge in [-0.1, -0.05) is 23.7 Å². The maximum Gasteiger partial charge on any atom is 0.282 e. The van der Waals surface area contributed by atoms with E-state index in [1.165, 1.54) is 11.9 Å². The number of hydrogen-bond acceptors (Lipinski definition) is 4. The van der Waals surface area contributed by atoms with Gasteiger partial charge in [0.1, 0.15) is 17.3 Å². The van der Waals surface area contributed by atoms with Crippen LogP contribution in [-0.2, 0) is 9.59 Å². The number of rotatable bonds is 5. The second-order valence-corrected chi connectivity index (χ2v) is 6.35. The molecule has 0 atom stereocenters. The smallest absolute Gasteiger partial charge is 0.282 e. The van der Waals surface area contributed by atoms with E-state index in [-0.39, 0.29) is 30.1 Å². The van der Waals surface area contributed by atoms with Crippen molar-refractivity contribution in [3.8, 4) is 0 Å². The Labute approximate surface area is 159 Å². The van der Waals surface area contributed by atoms with Gasteiger partial charge in [0.25, 0.3) is 11.8 Å². The van der Waals surface area contributed by atoms with Crippen LogP contribution in [0.3, 0.4) is 0 Å². The average Bonchev–Trinajstić information content (AvgIpc) is 2.87. The minimum atomic E-state index is -1.03. The summed E-state index contributed by atoms with van der Waals surface area (Å²) < 4.78 is 27.5. The number of benzene rings is 2. The minimum absolute atomic E-state index is 0.0140. The first-order chi connectivity index (χ1) is 12.8. The van der Waals surface area contributed by atoms with E-state index >= 15 is 0 Å². The molecule has 1 N–H and O–H groups in total. The quantitative estimate of drug-likeness (QED) is 0.795. The zero-order valence-corrected chi connectivity index (χ0v) is 15.0. The lowest BCUT2D eigenvalue weighted by Gasteiger charge is -2.20. The normalized spacial score (nSPS) is 14.3. The number of aliphatic hydroxyl groups is 1. The molecule has 8 heteroatoms. The van der Waals surface area contributed by atoms with E-state index in [0.717, 1.165) is 12.1 Å². The summed E-state index contributed by atoms with van der Waals surface area (Å²) in [6.45, 7) is -0.161. The molecule has 2 amide bonds. The van der Waals surface area contributed by atoms with Crippen molar-refractivity contribution in [2.75, 3.05) is 25.1 Å². The SMILES string of the molecule is CN(CCO)C1=C(c2ccc(Cl)cc2)C(=O)N(c2ccc(F)cc2F)C1=O. The van der Waals surface area contributed by atoms with Crippen LogP contribution in [0.25, 0.3) is 5.57 Å². The van der Waals surface area contributed by atoms with Crippen LogP contribution in [0.15, 0.2) is 48.2 Å². The Morgan fingerprint density at radius 3 is 2.33 bits per heavy atom. The molecule has 0 unspecified atom stereocenters. The zero-order valence-electron chi connectivity index (χ0n) is 14.2. The molecule has 0 aliphatic carbocycles. The third-order valence-electron chi connectivity index (χ3n) is 4.16. The summed E-state index contributed by atoms with van der Waals surface area (Å²) in [7, 11) is 1.54. The maximum atomic E-state index is 14.2. The molecule has 0 saturated carbocycles. The van der Waals surface area contributed by atoms with Crippen LogP contribution < -0.4 is 4.90 Å². The van der Waals surface area contributed by atoms with E-state index in [4.69, 9.17) is 11.6 Å². The summed E-state index contributed by atoms with van der Waals surface area (Å²) >= 11 is 5.89. The van der Waals surface area contributed by atoms with E-state index in [0.29, 0.717) is 21.6 Å². The fraction of sp³-hybridized carbons (Fsp3) is 0.158. The molecule has 1 heterocycles. The Bertz CT molecular complexity index is 944. The number of carbonyl (C=O) groups is 2. The molecule has 0 saturated heterocycles. The van der Waals surface area contributed by atoms with Gasteiger partial charge in [-0.3, -0.25) is 9.59 Å². The molecule has 5 nitrogen and oxygen atoms in total. The first-order valence-corrected chi connectivity index (χ1v) is 8.39. The number of nitrogens with zero attached hydrogens (tertiary/aromatic N) is 2. The highest BCUT2D eigenvalue weighted by Gasteiger charge is 2.42. The van der Waals surface area contributed by atoms with Crippen molar-refractivity contribution in [3.63, 3.8) is 0 Å². The van der Waals surface area contributed by atoms with Gasteiger partial charge in [-0.2, -0.15) is 0 Å². The molecule has 0 fully saturated rings. The predicted octanol–water partition coefficient (Wildman–Crippen LogP) is 2.83. The zero-order chi connectivity index (χ0) is 19.7. The largest absolute Gasteiger partial charge is 0.395 e. The number of halogens is 3. The van der Waals surface area contributed by atoms with Crippen LogP contribution in [-0.4, -0.2) is 42.0 Å². The standard InChI is InChI=1S/C19H15ClF2N2O3/c1-23(8-9-25)17-16(11-2-4-12(20)5-3-11)18(26)24(19(17)27)15-7-6-13(21)10-14(15)22/h2-7,10,25H,8-9H2,1H3. The Balaban J connectivity index is 2.15. The fourth-order valence-electron chi connectivity index (χ4n) is 2.89. The van der Waals surface area contributed by atoms with Crippen LogP contribution in [0.4, 0.5) is 14.5 Å². The van der Waals surface area contributed by atoms with Gasteiger partial charge >= 0.3 is 0 Å². The fourth-order valence-corrected chi connectivity index (χ4v) is 3.02. The molecule has 140 valence electrons. The molecule has 0 bridgehead atoms.